The number of piperidine rings is 2. The molecule has 1 aromatic carbocycles. The van der Waals surface area contributed by atoms with Crippen LogP contribution in [0.1, 0.15) is 56.9 Å². The highest BCUT2D eigenvalue weighted by Crippen LogP contribution is 2.31. The van der Waals surface area contributed by atoms with Crippen molar-refractivity contribution in [1.29, 1.82) is 0 Å². The molecule has 0 aromatic heterocycles. The molecular formula is C30H41N5O4. The fourth-order valence-electron chi connectivity index (χ4n) is 6.88. The monoisotopic (exact) mass is 535 g/mol. The van der Waals surface area contributed by atoms with Gasteiger partial charge in [0, 0.05) is 51.6 Å². The van der Waals surface area contributed by atoms with Crippen LogP contribution in [0.2, 0.25) is 0 Å². The van der Waals surface area contributed by atoms with Crippen LogP contribution in [0.3, 0.4) is 0 Å². The lowest BCUT2D eigenvalue weighted by molar-refractivity contribution is -0.140. The fraction of sp³-hybridized carbons (Fsp3) is 0.633. The van der Waals surface area contributed by atoms with Gasteiger partial charge in [0.25, 0.3) is 0 Å². The van der Waals surface area contributed by atoms with E-state index in [9.17, 15) is 14.4 Å². The Morgan fingerprint density at radius 1 is 1.08 bits per heavy atom. The Bertz CT molecular complexity index is 1100. The topological polar surface area (TPSA) is 94.2 Å². The lowest BCUT2D eigenvalue weighted by Gasteiger charge is -2.45. The maximum atomic E-state index is 13.8. The molecule has 0 aliphatic carbocycles. The number of benzene rings is 1. The van der Waals surface area contributed by atoms with Crippen molar-refractivity contribution in [1.82, 2.24) is 25.3 Å². The fourth-order valence-corrected chi connectivity index (χ4v) is 6.88. The summed E-state index contributed by atoms with van der Waals surface area (Å²) in [5.74, 6) is 3.11. The van der Waals surface area contributed by atoms with Crippen LogP contribution in [0.4, 0.5) is 0 Å². The Labute approximate surface area is 231 Å². The Kier molecular flexibility index (Phi) is 8.43. The molecule has 9 heteroatoms. The van der Waals surface area contributed by atoms with E-state index in [1.807, 2.05) is 23.1 Å². The predicted octanol–water partition coefficient (Wildman–Crippen LogP) is 1.51. The summed E-state index contributed by atoms with van der Waals surface area (Å²) in [7, 11) is 1.67. The van der Waals surface area contributed by atoms with E-state index in [2.05, 4.69) is 32.4 Å². The highest BCUT2D eigenvalue weighted by Gasteiger charge is 2.44. The van der Waals surface area contributed by atoms with Crippen molar-refractivity contribution in [3.8, 4) is 18.1 Å². The highest BCUT2D eigenvalue weighted by molar-refractivity contribution is 5.89. The molecule has 1 aromatic rings. The third-order valence-electron chi connectivity index (χ3n) is 9.04. The first-order chi connectivity index (χ1) is 18.9. The van der Waals surface area contributed by atoms with Crippen LogP contribution in [0.25, 0.3) is 0 Å². The smallest absolute Gasteiger partial charge is 0.246 e. The molecule has 5 aliphatic rings. The maximum absolute atomic E-state index is 13.8. The average Bonchev–Trinajstić information content (AvgIpc) is 3.44. The van der Waals surface area contributed by atoms with Crippen molar-refractivity contribution in [2.24, 2.45) is 0 Å². The summed E-state index contributed by atoms with van der Waals surface area (Å²) >= 11 is 0. The lowest BCUT2D eigenvalue weighted by atomic mass is 9.83. The molecule has 3 amide bonds. The third kappa shape index (κ3) is 6.23. The summed E-state index contributed by atoms with van der Waals surface area (Å²) in [6.45, 7) is 4.43. The molecule has 6 rings (SSSR count). The SMILES string of the molecule is C#CC[C@H]1NC(=O)CC2(CCN(Cc3cccc(OC)c3)CC2)NC(=O)[C@@H]2CCCN2C2CCN(CC2)C1=O. The highest BCUT2D eigenvalue weighted by atomic mass is 16.5. The largest absolute Gasteiger partial charge is 0.497 e. The zero-order chi connectivity index (χ0) is 27.4. The van der Waals surface area contributed by atoms with Gasteiger partial charge in [-0.05, 0) is 62.8 Å². The summed E-state index contributed by atoms with van der Waals surface area (Å²) in [6.07, 6.45) is 10.7. The summed E-state index contributed by atoms with van der Waals surface area (Å²) in [6, 6.07) is 7.44. The Balaban J connectivity index is 1.35. The molecule has 9 nitrogen and oxygen atoms in total. The molecule has 0 unspecified atom stereocenters. The molecule has 2 N–H and O–H groups in total. The minimum absolute atomic E-state index is 0.0392. The van der Waals surface area contributed by atoms with E-state index in [0.717, 1.165) is 57.6 Å². The van der Waals surface area contributed by atoms with Crippen molar-refractivity contribution in [3.63, 3.8) is 0 Å². The first-order valence-corrected chi connectivity index (χ1v) is 14.3. The van der Waals surface area contributed by atoms with E-state index in [1.54, 1.807) is 7.11 Å². The van der Waals surface area contributed by atoms with Gasteiger partial charge in [-0.1, -0.05) is 12.1 Å². The number of likely N-dealkylation sites (tertiary alicyclic amines) is 1. The van der Waals surface area contributed by atoms with Crippen molar-refractivity contribution in [2.45, 2.75) is 81.6 Å². The Morgan fingerprint density at radius 2 is 1.85 bits per heavy atom. The first kappa shape index (κ1) is 27.5. The summed E-state index contributed by atoms with van der Waals surface area (Å²) in [4.78, 5) is 47.1. The molecule has 39 heavy (non-hydrogen) atoms. The third-order valence-corrected chi connectivity index (χ3v) is 9.04. The standard InChI is InChI=1S/C30H41N5O4/c1-3-6-25-29(38)34-15-10-23(11-16-34)35-14-5-9-26(35)28(37)32-30(20-27(36)31-25)12-17-33(18-13-30)21-22-7-4-8-24(19-22)39-2/h1,4,7-8,19,23,25-26H,5-6,9-18,20-21H2,2H3,(H,31,36)(H,32,37)/t25-,26+/m1/s1. The molecular weight excluding hydrogens is 494 g/mol. The van der Waals surface area contributed by atoms with Crippen molar-refractivity contribution in [2.75, 3.05) is 39.8 Å². The van der Waals surface area contributed by atoms with Gasteiger partial charge in [-0.3, -0.25) is 24.2 Å². The van der Waals surface area contributed by atoms with Gasteiger partial charge < -0.3 is 20.3 Å². The molecule has 2 bridgehead atoms. The molecule has 2 atom stereocenters. The molecule has 1 spiro atoms. The van der Waals surface area contributed by atoms with Gasteiger partial charge in [0.2, 0.25) is 17.7 Å². The van der Waals surface area contributed by atoms with Crippen LogP contribution in [-0.2, 0) is 20.9 Å². The van der Waals surface area contributed by atoms with Gasteiger partial charge in [-0.15, -0.1) is 12.3 Å². The van der Waals surface area contributed by atoms with Gasteiger partial charge >= 0.3 is 0 Å². The van der Waals surface area contributed by atoms with Crippen LogP contribution in [0.5, 0.6) is 5.75 Å². The van der Waals surface area contributed by atoms with Crippen LogP contribution in [-0.4, -0.2) is 95.9 Å². The average molecular weight is 536 g/mol. The summed E-state index contributed by atoms with van der Waals surface area (Å²) in [5, 5.41) is 6.32. The van der Waals surface area contributed by atoms with E-state index >= 15 is 0 Å². The lowest BCUT2D eigenvalue weighted by Crippen LogP contribution is -2.62. The number of nitrogens with one attached hydrogen (secondary N) is 2. The number of fused-ring (bicyclic) bond motifs is 7. The number of carbonyl (C=O) groups excluding carboxylic acids is 3. The van der Waals surface area contributed by atoms with Gasteiger partial charge in [0.05, 0.1) is 18.7 Å². The molecule has 5 heterocycles. The van der Waals surface area contributed by atoms with E-state index in [4.69, 9.17) is 11.2 Å². The number of terminal acetylenes is 1. The number of carbonyl (C=O) groups is 3. The van der Waals surface area contributed by atoms with Crippen LogP contribution >= 0.6 is 0 Å². The number of rotatable bonds is 4. The van der Waals surface area contributed by atoms with E-state index in [1.165, 1.54) is 5.56 Å². The summed E-state index contributed by atoms with van der Waals surface area (Å²) in [5.41, 5.74) is 0.508. The summed E-state index contributed by atoms with van der Waals surface area (Å²) < 4.78 is 5.37. The first-order valence-electron chi connectivity index (χ1n) is 14.3. The number of ether oxygens (including phenoxy) is 1. The van der Waals surface area contributed by atoms with Crippen molar-refractivity contribution < 1.29 is 19.1 Å². The Morgan fingerprint density at radius 3 is 2.56 bits per heavy atom. The van der Waals surface area contributed by atoms with E-state index < -0.39 is 11.6 Å². The van der Waals surface area contributed by atoms with Gasteiger partial charge in [0.1, 0.15) is 11.8 Å². The van der Waals surface area contributed by atoms with Gasteiger partial charge in [0.15, 0.2) is 0 Å². The van der Waals surface area contributed by atoms with Crippen molar-refractivity contribution in [3.05, 3.63) is 29.8 Å². The Hall–Kier alpha value is -3.09. The van der Waals surface area contributed by atoms with Crippen LogP contribution in [0.15, 0.2) is 24.3 Å². The normalized spacial score (nSPS) is 27.0. The second kappa shape index (κ2) is 12.0. The van der Waals surface area contributed by atoms with Crippen LogP contribution < -0.4 is 15.4 Å². The number of nitrogens with zero attached hydrogens (tertiary/aromatic N) is 3. The number of hydrogen-bond donors (Lipinski definition) is 2. The molecule has 210 valence electrons. The molecule has 5 aliphatic heterocycles. The molecule has 5 saturated heterocycles. The van der Waals surface area contributed by atoms with Gasteiger partial charge in [-0.2, -0.15) is 0 Å². The minimum Gasteiger partial charge on any atom is -0.497 e. The van der Waals surface area contributed by atoms with Crippen LogP contribution in [0, 0.1) is 12.3 Å². The van der Waals surface area contributed by atoms with E-state index in [0.29, 0.717) is 25.9 Å². The quantitative estimate of drug-likeness (QED) is 0.568. The van der Waals surface area contributed by atoms with E-state index in [-0.39, 0.29) is 42.6 Å². The molecule has 5 fully saturated rings. The predicted molar refractivity (Wildman–Crippen MR) is 148 cm³/mol. The molecule has 0 radical (unpaired) electrons. The second-order valence-electron chi connectivity index (χ2n) is 11.6. The van der Waals surface area contributed by atoms with Gasteiger partial charge in [-0.25, -0.2) is 0 Å². The number of hydrogen-bond acceptors (Lipinski definition) is 6. The maximum Gasteiger partial charge on any atom is 0.246 e. The number of amides is 3. The zero-order valence-electron chi connectivity index (χ0n) is 23.0. The molecule has 0 saturated carbocycles. The van der Waals surface area contributed by atoms with Crippen molar-refractivity contribution >= 4 is 17.7 Å². The second-order valence-corrected chi connectivity index (χ2v) is 11.6. The zero-order valence-corrected chi connectivity index (χ0v) is 23.0. The number of methoxy groups -OCH3 is 1. The minimum atomic E-state index is -0.734.